The third kappa shape index (κ3) is 9.85. The van der Waals surface area contributed by atoms with Crippen LogP contribution in [0.2, 0.25) is 19.6 Å². The summed E-state index contributed by atoms with van der Waals surface area (Å²) < 4.78 is 11.7. The van der Waals surface area contributed by atoms with E-state index in [2.05, 4.69) is 32.6 Å². The van der Waals surface area contributed by atoms with E-state index in [-0.39, 0.29) is 5.60 Å². The third-order valence-corrected chi connectivity index (χ3v) is 2.23. The van der Waals surface area contributed by atoms with Crippen molar-refractivity contribution >= 4 is 8.32 Å². The molecule has 0 atom stereocenters. The second-order valence-corrected chi connectivity index (χ2v) is 10.2. The van der Waals surface area contributed by atoms with E-state index in [1.807, 2.05) is 20.8 Å². The highest BCUT2D eigenvalue weighted by molar-refractivity contribution is 6.69. The van der Waals surface area contributed by atoms with Gasteiger partial charge in [0.05, 0.1) is 0 Å². The Balaban J connectivity index is 4.46. The van der Waals surface area contributed by atoms with E-state index < -0.39 is 8.32 Å². The Bertz CT molecular complexity index is 191. The van der Waals surface area contributed by atoms with Crippen LogP contribution in [0.25, 0.3) is 0 Å². The molecule has 0 spiro atoms. The third-order valence-electron chi connectivity index (χ3n) is 1.41. The highest BCUT2D eigenvalue weighted by Gasteiger charge is 2.21. The van der Waals surface area contributed by atoms with Crippen LogP contribution >= 0.6 is 0 Å². The largest absolute Gasteiger partial charge is 0.520 e. The Hall–Kier alpha value is -0.443. The lowest BCUT2D eigenvalue weighted by molar-refractivity contribution is -0.00905. The van der Waals surface area contributed by atoms with E-state index in [4.69, 9.17) is 9.16 Å². The van der Waals surface area contributed by atoms with Gasteiger partial charge in [-0.15, -0.1) is 0 Å². The number of ether oxygens (including phenoxy) is 1. The standard InChI is InChI=1S/C12H26O2Si/c1-8-9-10-11(13-12(2,3)4)14-15(5,6)7/h10H,8-9H2,1-7H3/b11-10+. The molecule has 15 heavy (non-hydrogen) atoms. The molecular formula is C12H26O2Si. The van der Waals surface area contributed by atoms with Gasteiger partial charge in [-0.05, 0) is 52.9 Å². The summed E-state index contributed by atoms with van der Waals surface area (Å²) >= 11 is 0. The van der Waals surface area contributed by atoms with E-state index in [9.17, 15) is 0 Å². The van der Waals surface area contributed by atoms with Crippen molar-refractivity contribution in [3.05, 3.63) is 12.0 Å². The zero-order valence-electron chi connectivity index (χ0n) is 11.3. The minimum Gasteiger partial charge on any atom is -0.520 e. The van der Waals surface area contributed by atoms with Gasteiger partial charge in [0.1, 0.15) is 5.60 Å². The summed E-state index contributed by atoms with van der Waals surface area (Å²) in [7, 11) is -1.56. The van der Waals surface area contributed by atoms with E-state index >= 15 is 0 Å². The molecule has 0 aromatic heterocycles. The van der Waals surface area contributed by atoms with Gasteiger partial charge in [0, 0.05) is 0 Å². The van der Waals surface area contributed by atoms with Crippen LogP contribution in [0.5, 0.6) is 0 Å². The SMILES string of the molecule is CCC/C=C(\OC(C)(C)C)O[Si](C)(C)C. The number of hydrogen-bond acceptors (Lipinski definition) is 2. The topological polar surface area (TPSA) is 18.5 Å². The molecule has 90 valence electrons. The molecule has 0 rings (SSSR count). The second-order valence-electron chi connectivity index (χ2n) is 5.74. The van der Waals surface area contributed by atoms with Gasteiger partial charge in [-0.1, -0.05) is 13.3 Å². The summed E-state index contributed by atoms with van der Waals surface area (Å²) in [5, 5.41) is 0. The van der Waals surface area contributed by atoms with Crippen LogP contribution in [-0.2, 0) is 9.16 Å². The van der Waals surface area contributed by atoms with Crippen molar-refractivity contribution < 1.29 is 9.16 Å². The van der Waals surface area contributed by atoms with Gasteiger partial charge in [0.25, 0.3) is 5.95 Å². The smallest absolute Gasteiger partial charge is 0.261 e. The summed E-state index contributed by atoms with van der Waals surface area (Å²) in [5.74, 6) is 0.712. The molecule has 3 heteroatoms. The van der Waals surface area contributed by atoms with Gasteiger partial charge in [0.2, 0.25) is 8.32 Å². The monoisotopic (exact) mass is 230 g/mol. The molecule has 0 fully saturated rings. The van der Waals surface area contributed by atoms with E-state index in [1.54, 1.807) is 0 Å². The van der Waals surface area contributed by atoms with Gasteiger partial charge >= 0.3 is 0 Å². The van der Waals surface area contributed by atoms with Crippen LogP contribution in [0.15, 0.2) is 12.0 Å². The second kappa shape index (κ2) is 5.59. The van der Waals surface area contributed by atoms with Gasteiger partial charge < -0.3 is 9.16 Å². The number of allylic oxidation sites excluding steroid dienone is 1. The zero-order chi connectivity index (χ0) is 12.1. The first kappa shape index (κ1) is 14.6. The summed E-state index contributed by atoms with van der Waals surface area (Å²) in [4.78, 5) is 0. The van der Waals surface area contributed by atoms with Crippen LogP contribution in [0, 0.1) is 0 Å². The lowest BCUT2D eigenvalue weighted by Gasteiger charge is -2.28. The maximum atomic E-state index is 5.89. The Morgan fingerprint density at radius 1 is 1.20 bits per heavy atom. The fourth-order valence-corrected chi connectivity index (χ4v) is 1.70. The molecule has 0 bridgehead atoms. The minimum atomic E-state index is -1.56. The van der Waals surface area contributed by atoms with Crippen LogP contribution in [-0.4, -0.2) is 13.9 Å². The van der Waals surface area contributed by atoms with Crippen LogP contribution in [0.3, 0.4) is 0 Å². The van der Waals surface area contributed by atoms with Crippen LogP contribution in [0.4, 0.5) is 0 Å². The molecule has 0 amide bonds. The van der Waals surface area contributed by atoms with Crippen molar-refractivity contribution in [3.8, 4) is 0 Å². The fourth-order valence-electron chi connectivity index (χ4n) is 0.970. The zero-order valence-corrected chi connectivity index (χ0v) is 12.3. The van der Waals surface area contributed by atoms with Gasteiger partial charge in [-0.3, -0.25) is 0 Å². The minimum absolute atomic E-state index is 0.181. The first-order valence-electron chi connectivity index (χ1n) is 5.72. The molecule has 0 N–H and O–H groups in total. The maximum absolute atomic E-state index is 5.89. The van der Waals surface area contributed by atoms with Crippen molar-refractivity contribution in [1.29, 1.82) is 0 Å². The molecule has 0 saturated carbocycles. The number of unbranched alkanes of at least 4 members (excludes halogenated alkanes) is 1. The Labute approximate surface area is 95.8 Å². The van der Waals surface area contributed by atoms with Crippen molar-refractivity contribution in [2.75, 3.05) is 0 Å². The summed E-state index contributed by atoms with van der Waals surface area (Å²) in [6, 6.07) is 0. The molecule has 0 aromatic rings. The Kier molecular flexibility index (Phi) is 5.42. The predicted molar refractivity (Wildman–Crippen MR) is 68.3 cm³/mol. The van der Waals surface area contributed by atoms with Crippen LogP contribution < -0.4 is 0 Å². The fraction of sp³-hybridized carbons (Fsp3) is 0.833. The van der Waals surface area contributed by atoms with E-state index in [0.717, 1.165) is 12.8 Å². The van der Waals surface area contributed by atoms with E-state index in [1.165, 1.54) is 0 Å². The number of hydrogen-bond donors (Lipinski definition) is 0. The Morgan fingerprint density at radius 2 is 1.73 bits per heavy atom. The van der Waals surface area contributed by atoms with Gasteiger partial charge in [-0.2, -0.15) is 0 Å². The molecule has 0 aliphatic rings. The van der Waals surface area contributed by atoms with Crippen molar-refractivity contribution in [3.63, 3.8) is 0 Å². The summed E-state index contributed by atoms with van der Waals surface area (Å²) in [6.45, 7) is 14.8. The molecule has 0 saturated heterocycles. The normalized spacial score (nSPS) is 13.9. The molecule has 2 nitrogen and oxygen atoms in total. The quantitative estimate of drug-likeness (QED) is 0.518. The highest BCUT2D eigenvalue weighted by Crippen LogP contribution is 2.19. The average Bonchev–Trinajstić information content (AvgIpc) is 1.94. The number of rotatable bonds is 5. The molecular weight excluding hydrogens is 204 g/mol. The predicted octanol–water partition coefficient (Wildman–Crippen LogP) is 4.29. The summed E-state index contributed by atoms with van der Waals surface area (Å²) in [5.41, 5.74) is -0.181. The summed E-state index contributed by atoms with van der Waals surface area (Å²) in [6.07, 6.45) is 4.19. The first-order valence-corrected chi connectivity index (χ1v) is 9.13. The molecule has 0 aromatic carbocycles. The molecule has 0 heterocycles. The van der Waals surface area contributed by atoms with Crippen LogP contribution in [0.1, 0.15) is 40.5 Å². The highest BCUT2D eigenvalue weighted by atomic mass is 28.4. The van der Waals surface area contributed by atoms with E-state index in [0.29, 0.717) is 5.95 Å². The average molecular weight is 230 g/mol. The van der Waals surface area contributed by atoms with Crippen molar-refractivity contribution in [2.45, 2.75) is 65.8 Å². The molecule has 0 aliphatic heterocycles. The lowest BCUT2D eigenvalue weighted by atomic mass is 10.2. The molecule has 0 aliphatic carbocycles. The first-order chi connectivity index (χ1) is 6.64. The van der Waals surface area contributed by atoms with Crippen molar-refractivity contribution in [2.24, 2.45) is 0 Å². The Morgan fingerprint density at radius 3 is 2.07 bits per heavy atom. The maximum Gasteiger partial charge on any atom is 0.261 e. The van der Waals surface area contributed by atoms with Crippen molar-refractivity contribution in [1.82, 2.24) is 0 Å². The lowest BCUT2D eigenvalue weighted by Crippen LogP contribution is -2.29. The molecule has 0 radical (unpaired) electrons. The molecule has 0 unspecified atom stereocenters. The van der Waals surface area contributed by atoms with Gasteiger partial charge in [-0.25, -0.2) is 0 Å². The van der Waals surface area contributed by atoms with Gasteiger partial charge in [0.15, 0.2) is 0 Å².